The van der Waals surface area contributed by atoms with Crippen LogP contribution in [0, 0.1) is 10.1 Å². The minimum absolute atomic E-state index is 0.0275. The predicted octanol–water partition coefficient (Wildman–Crippen LogP) is 3.34. The highest BCUT2D eigenvalue weighted by atomic mass is 32.2. The summed E-state index contributed by atoms with van der Waals surface area (Å²) in [7, 11) is 0. The van der Waals surface area contributed by atoms with Crippen molar-refractivity contribution < 1.29 is 9.72 Å². The molecule has 0 unspecified atom stereocenters. The first-order chi connectivity index (χ1) is 11.6. The number of nitrogens with zero attached hydrogens (tertiary/aromatic N) is 3. The number of rotatable bonds is 4. The summed E-state index contributed by atoms with van der Waals surface area (Å²) in [4.78, 5) is 29.0. The van der Waals surface area contributed by atoms with Gasteiger partial charge in [0, 0.05) is 30.0 Å². The van der Waals surface area contributed by atoms with E-state index in [4.69, 9.17) is 0 Å². The summed E-state index contributed by atoms with van der Waals surface area (Å²) in [6.07, 6.45) is 0. The highest BCUT2D eigenvalue weighted by Gasteiger charge is 2.26. The van der Waals surface area contributed by atoms with Gasteiger partial charge in [-0.3, -0.25) is 24.8 Å². The van der Waals surface area contributed by atoms with Crippen LogP contribution in [0.2, 0.25) is 0 Å². The first-order valence-corrected chi connectivity index (χ1v) is 8.41. The lowest BCUT2D eigenvalue weighted by Gasteiger charge is -2.15. The van der Waals surface area contributed by atoms with Gasteiger partial charge in [-0.25, -0.2) is 0 Å². The Morgan fingerprint density at radius 1 is 1.17 bits per heavy atom. The number of amides is 1. The molecule has 1 amide bonds. The van der Waals surface area contributed by atoms with E-state index in [0.29, 0.717) is 23.8 Å². The molecule has 2 aromatic carbocycles. The van der Waals surface area contributed by atoms with Crippen LogP contribution in [0.5, 0.6) is 0 Å². The van der Waals surface area contributed by atoms with Gasteiger partial charge in [0.2, 0.25) is 0 Å². The minimum atomic E-state index is -0.479. The molecule has 24 heavy (non-hydrogen) atoms. The van der Waals surface area contributed by atoms with Gasteiger partial charge in [-0.1, -0.05) is 42.1 Å². The highest BCUT2D eigenvalue weighted by Crippen LogP contribution is 2.22. The number of carbonyl (C=O) groups excluding carboxylic acids is 1. The molecule has 0 spiro atoms. The Hall–Kier alpha value is -2.67. The number of carbonyl (C=O) groups is 1. The minimum Gasteiger partial charge on any atom is -0.287 e. The van der Waals surface area contributed by atoms with Gasteiger partial charge in [0.05, 0.1) is 11.5 Å². The fourth-order valence-electron chi connectivity index (χ4n) is 2.35. The Bertz CT molecular complexity index is 775. The van der Waals surface area contributed by atoms with Crippen LogP contribution in [-0.4, -0.2) is 33.2 Å². The van der Waals surface area contributed by atoms with Crippen molar-refractivity contribution in [3.63, 3.8) is 0 Å². The van der Waals surface area contributed by atoms with Gasteiger partial charge >= 0.3 is 0 Å². The molecule has 7 heteroatoms. The lowest BCUT2D eigenvalue weighted by molar-refractivity contribution is -0.384. The number of aliphatic imine (C=N–C) groups is 1. The molecule has 0 aromatic heterocycles. The summed E-state index contributed by atoms with van der Waals surface area (Å²) < 4.78 is 0. The number of non-ortho nitro benzene ring substituents is 1. The third-order valence-corrected chi connectivity index (χ3v) is 4.58. The second kappa shape index (κ2) is 7.27. The average molecular weight is 341 g/mol. The molecule has 0 saturated carbocycles. The SMILES string of the molecule is O=C(c1ccc([N+](=O)[O-])cc1)N1CCSC1=NCc1ccccc1. The summed E-state index contributed by atoms with van der Waals surface area (Å²) in [6, 6.07) is 15.5. The zero-order valence-electron chi connectivity index (χ0n) is 12.8. The van der Waals surface area contributed by atoms with Crippen LogP contribution < -0.4 is 0 Å². The molecule has 0 bridgehead atoms. The topological polar surface area (TPSA) is 75.8 Å². The van der Waals surface area contributed by atoms with Crippen molar-refractivity contribution in [2.75, 3.05) is 12.3 Å². The molecule has 1 aliphatic heterocycles. The number of hydrogen-bond donors (Lipinski definition) is 0. The van der Waals surface area contributed by atoms with Gasteiger partial charge in [-0.05, 0) is 17.7 Å². The van der Waals surface area contributed by atoms with Gasteiger partial charge in [0.25, 0.3) is 11.6 Å². The Labute approximate surface area is 143 Å². The van der Waals surface area contributed by atoms with Gasteiger partial charge in [-0.15, -0.1) is 0 Å². The van der Waals surface area contributed by atoms with Crippen LogP contribution in [-0.2, 0) is 6.54 Å². The van der Waals surface area contributed by atoms with E-state index < -0.39 is 4.92 Å². The Morgan fingerprint density at radius 3 is 2.54 bits per heavy atom. The molecule has 0 N–H and O–H groups in total. The van der Waals surface area contributed by atoms with E-state index in [1.54, 1.807) is 16.7 Å². The van der Waals surface area contributed by atoms with Crippen molar-refractivity contribution in [2.24, 2.45) is 4.99 Å². The van der Waals surface area contributed by atoms with Crippen LogP contribution in [0.15, 0.2) is 59.6 Å². The van der Waals surface area contributed by atoms with E-state index in [-0.39, 0.29) is 11.6 Å². The maximum Gasteiger partial charge on any atom is 0.269 e. The van der Waals surface area contributed by atoms with Gasteiger partial charge < -0.3 is 0 Å². The number of nitro groups is 1. The molecule has 1 aliphatic rings. The van der Waals surface area contributed by atoms with Crippen LogP contribution in [0.3, 0.4) is 0 Å². The molecule has 0 atom stereocenters. The standard InChI is InChI=1S/C17H15N3O3S/c21-16(14-6-8-15(9-7-14)20(22)23)19-10-11-24-17(19)18-12-13-4-2-1-3-5-13/h1-9H,10-12H2. The fraction of sp³-hybridized carbons (Fsp3) is 0.176. The van der Waals surface area contributed by atoms with Crippen molar-refractivity contribution in [3.8, 4) is 0 Å². The molecule has 6 nitrogen and oxygen atoms in total. The third-order valence-electron chi connectivity index (χ3n) is 3.59. The number of nitro benzene ring substituents is 1. The summed E-state index contributed by atoms with van der Waals surface area (Å²) in [6.45, 7) is 1.11. The molecular weight excluding hydrogens is 326 g/mol. The maximum absolute atomic E-state index is 12.6. The first kappa shape index (κ1) is 16.2. The molecule has 0 radical (unpaired) electrons. The van der Waals surface area contributed by atoms with Crippen LogP contribution in [0.4, 0.5) is 5.69 Å². The summed E-state index contributed by atoms with van der Waals surface area (Å²) >= 11 is 1.55. The van der Waals surface area contributed by atoms with Crippen molar-refractivity contribution >= 4 is 28.5 Å². The smallest absolute Gasteiger partial charge is 0.269 e. The quantitative estimate of drug-likeness (QED) is 0.631. The fourth-order valence-corrected chi connectivity index (χ4v) is 3.29. The Morgan fingerprint density at radius 2 is 1.88 bits per heavy atom. The van der Waals surface area contributed by atoms with E-state index in [9.17, 15) is 14.9 Å². The van der Waals surface area contributed by atoms with Gasteiger partial charge in [0.1, 0.15) is 0 Å². The van der Waals surface area contributed by atoms with E-state index in [0.717, 1.165) is 11.3 Å². The second-order valence-electron chi connectivity index (χ2n) is 5.19. The van der Waals surface area contributed by atoms with E-state index in [1.165, 1.54) is 24.3 Å². The number of hydrogen-bond acceptors (Lipinski definition) is 5. The Balaban J connectivity index is 1.74. The largest absolute Gasteiger partial charge is 0.287 e. The summed E-state index contributed by atoms with van der Waals surface area (Å²) in [5, 5.41) is 11.4. The zero-order valence-corrected chi connectivity index (χ0v) is 13.6. The Kier molecular flexibility index (Phi) is 4.90. The number of thioether (sulfide) groups is 1. The lowest BCUT2D eigenvalue weighted by Crippen LogP contribution is -2.31. The molecule has 0 aliphatic carbocycles. The molecule has 122 valence electrons. The van der Waals surface area contributed by atoms with E-state index in [2.05, 4.69) is 4.99 Å². The molecule has 1 fully saturated rings. The highest BCUT2D eigenvalue weighted by molar-refractivity contribution is 8.14. The number of amidine groups is 1. The summed E-state index contributed by atoms with van der Waals surface area (Å²) in [5.41, 5.74) is 1.48. The third kappa shape index (κ3) is 3.62. The number of benzene rings is 2. The molecular formula is C17H15N3O3S. The monoisotopic (exact) mass is 341 g/mol. The van der Waals surface area contributed by atoms with Crippen LogP contribution in [0.1, 0.15) is 15.9 Å². The molecule has 1 saturated heterocycles. The van der Waals surface area contributed by atoms with E-state index in [1.807, 2.05) is 30.3 Å². The van der Waals surface area contributed by atoms with Gasteiger partial charge in [0.15, 0.2) is 5.17 Å². The van der Waals surface area contributed by atoms with Gasteiger partial charge in [-0.2, -0.15) is 0 Å². The van der Waals surface area contributed by atoms with Crippen LogP contribution >= 0.6 is 11.8 Å². The summed E-state index contributed by atoms with van der Waals surface area (Å²) in [5.74, 6) is 0.619. The van der Waals surface area contributed by atoms with E-state index >= 15 is 0 Å². The van der Waals surface area contributed by atoms with Crippen molar-refractivity contribution in [1.29, 1.82) is 0 Å². The maximum atomic E-state index is 12.6. The van der Waals surface area contributed by atoms with Crippen molar-refractivity contribution in [2.45, 2.75) is 6.54 Å². The lowest BCUT2D eigenvalue weighted by atomic mass is 10.2. The molecule has 1 heterocycles. The molecule has 3 rings (SSSR count). The molecule has 2 aromatic rings. The second-order valence-corrected chi connectivity index (χ2v) is 6.26. The van der Waals surface area contributed by atoms with Crippen molar-refractivity contribution in [3.05, 3.63) is 75.8 Å². The van der Waals surface area contributed by atoms with Crippen LogP contribution in [0.25, 0.3) is 0 Å². The van der Waals surface area contributed by atoms with Crippen molar-refractivity contribution in [1.82, 2.24) is 4.90 Å². The average Bonchev–Trinajstić information content (AvgIpc) is 3.09. The zero-order chi connectivity index (χ0) is 16.9. The normalized spacial score (nSPS) is 15.7. The first-order valence-electron chi connectivity index (χ1n) is 7.42. The predicted molar refractivity (Wildman–Crippen MR) is 94.2 cm³/mol.